The van der Waals surface area contributed by atoms with E-state index in [1.165, 1.54) is 25.7 Å². The van der Waals surface area contributed by atoms with Gasteiger partial charge in [-0.2, -0.15) is 0 Å². The van der Waals surface area contributed by atoms with Gasteiger partial charge >= 0.3 is 0 Å². The van der Waals surface area contributed by atoms with E-state index in [2.05, 4.69) is 17.9 Å². The summed E-state index contributed by atoms with van der Waals surface area (Å²) in [4.78, 5) is 2.41. The van der Waals surface area contributed by atoms with Gasteiger partial charge in [0.15, 0.2) is 0 Å². The van der Waals surface area contributed by atoms with Gasteiger partial charge in [0.1, 0.15) is 5.75 Å². The minimum Gasteiger partial charge on any atom is -0.489 e. The lowest BCUT2D eigenvalue weighted by Crippen LogP contribution is -2.34. The molecule has 2 N–H and O–H groups in total. The highest BCUT2D eigenvalue weighted by Gasteiger charge is 2.21. The minimum absolute atomic E-state index is 0.155. The Morgan fingerprint density at radius 1 is 1.30 bits per heavy atom. The highest BCUT2D eigenvalue weighted by atomic mass is 16.5. The van der Waals surface area contributed by atoms with Gasteiger partial charge in [-0.3, -0.25) is 0 Å². The quantitative estimate of drug-likeness (QED) is 0.824. The molecule has 0 aromatic heterocycles. The molecule has 0 aliphatic carbocycles. The van der Waals surface area contributed by atoms with Gasteiger partial charge in [-0.25, -0.2) is 0 Å². The SMILES string of the molecule is CCCC1CCN(c2cccc(OC(C)C)c2N)CC1. The molecular formula is C17H28N2O. The average molecular weight is 276 g/mol. The predicted molar refractivity (Wildman–Crippen MR) is 86.5 cm³/mol. The third-order valence-corrected chi connectivity index (χ3v) is 4.06. The molecule has 1 saturated heterocycles. The van der Waals surface area contributed by atoms with Crippen molar-refractivity contribution in [2.75, 3.05) is 23.7 Å². The van der Waals surface area contributed by atoms with Crippen molar-refractivity contribution < 1.29 is 4.74 Å². The molecule has 1 aromatic carbocycles. The maximum absolute atomic E-state index is 6.29. The molecule has 1 aliphatic heterocycles. The zero-order valence-electron chi connectivity index (χ0n) is 13.1. The van der Waals surface area contributed by atoms with Crippen LogP contribution in [0.4, 0.5) is 11.4 Å². The van der Waals surface area contributed by atoms with Crippen molar-refractivity contribution in [2.24, 2.45) is 5.92 Å². The molecule has 1 heterocycles. The van der Waals surface area contributed by atoms with Crippen molar-refractivity contribution in [3.63, 3.8) is 0 Å². The summed E-state index contributed by atoms with van der Waals surface area (Å²) in [6.45, 7) is 8.56. The van der Waals surface area contributed by atoms with Crippen LogP contribution in [0.1, 0.15) is 46.5 Å². The normalized spacial score (nSPS) is 16.7. The summed E-state index contributed by atoms with van der Waals surface area (Å²) >= 11 is 0. The molecule has 0 bridgehead atoms. The molecular weight excluding hydrogens is 248 g/mol. The van der Waals surface area contributed by atoms with Gasteiger partial charge in [-0.1, -0.05) is 25.8 Å². The van der Waals surface area contributed by atoms with E-state index in [1.54, 1.807) is 0 Å². The van der Waals surface area contributed by atoms with E-state index in [-0.39, 0.29) is 6.10 Å². The van der Waals surface area contributed by atoms with Crippen LogP contribution in [0.3, 0.4) is 0 Å². The highest BCUT2D eigenvalue weighted by Crippen LogP contribution is 2.35. The maximum Gasteiger partial charge on any atom is 0.144 e. The first kappa shape index (κ1) is 15.0. The molecule has 0 radical (unpaired) electrons. The predicted octanol–water partition coefficient (Wildman–Crippen LogP) is 4.07. The number of nitrogens with zero attached hydrogens (tertiary/aromatic N) is 1. The van der Waals surface area contributed by atoms with Crippen LogP contribution in [0.15, 0.2) is 18.2 Å². The molecule has 1 fully saturated rings. The van der Waals surface area contributed by atoms with E-state index in [4.69, 9.17) is 10.5 Å². The van der Waals surface area contributed by atoms with Crippen LogP contribution >= 0.6 is 0 Å². The highest BCUT2D eigenvalue weighted by molar-refractivity contribution is 5.74. The van der Waals surface area contributed by atoms with Crippen molar-refractivity contribution in [1.82, 2.24) is 0 Å². The number of para-hydroxylation sites is 1. The summed E-state index contributed by atoms with van der Waals surface area (Å²) in [5, 5.41) is 0. The van der Waals surface area contributed by atoms with Gasteiger partial charge in [-0.15, -0.1) is 0 Å². The van der Waals surface area contributed by atoms with E-state index < -0.39 is 0 Å². The van der Waals surface area contributed by atoms with Gasteiger partial charge in [-0.05, 0) is 44.7 Å². The Morgan fingerprint density at radius 2 is 2.00 bits per heavy atom. The van der Waals surface area contributed by atoms with Crippen LogP contribution in [-0.2, 0) is 0 Å². The van der Waals surface area contributed by atoms with E-state index in [9.17, 15) is 0 Å². The van der Waals surface area contributed by atoms with Gasteiger partial charge in [0.2, 0.25) is 0 Å². The van der Waals surface area contributed by atoms with E-state index in [0.29, 0.717) is 0 Å². The number of hydrogen-bond donors (Lipinski definition) is 1. The van der Waals surface area contributed by atoms with E-state index >= 15 is 0 Å². The molecule has 0 unspecified atom stereocenters. The third-order valence-electron chi connectivity index (χ3n) is 4.06. The lowest BCUT2D eigenvalue weighted by atomic mass is 9.92. The number of anilines is 2. The fourth-order valence-electron chi connectivity index (χ4n) is 3.04. The minimum atomic E-state index is 0.155. The largest absolute Gasteiger partial charge is 0.489 e. The molecule has 20 heavy (non-hydrogen) atoms. The van der Waals surface area contributed by atoms with Gasteiger partial charge < -0.3 is 15.4 Å². The van der Waals surface area contributed by atoms with E-state index in [1.807, 2.05) is 26.0 Å². The Morgan fingerprint density at radius 3 is 2.60 bits per heavy atom. The first-order valence-corrected chi connectivity index (χ1v) is 7.92. The number of hydrogen-bond acceptors (Lipinski definition) is 3. The lowest BCUT2D eigenvalue weighted by Gasteiger charge is -2.34. The van der Waals surface area contributed by atoms with Crippen LogP contribution in [-0.4, -0.2) is 19.2 Å². The Hall–Kier alpha value is -1.38. The molecule has 3 nitrogen and oxygen atoms in total. The molecule has 0 atom stereocenters. The Balaban J connectivity index is 2.06. The number of benzene rings is 1. The Kier molecular flexibility index (Phi) is 5.16. The summed E-state index contributed by atoms with van der Waals surface area (Å²) in [5.41, 5.74) is 8.21. The topological polar surface area (TPSA) is 38.5 Å². The monoisotopic (exact) mass is 276 g/mol. The second kappa shape index (κ2) is 6.87. The summed E-state index contributed by atoms with van der Waals surface area (Å²) in [7, 11) is 0. The fourth-order valence-corrected chi connectivity index (χ4v) is 3.04. The summed E-state index contributed by atoms with van der Waals surface area (Å²) in [5.74, 6) is 1.71. The molecule has 3 heteroatoms. The third kappa shape index (κ3) is 3.59. The van der Waals surface area contributed by atoms with Crippen molar-refractivity contribution in [1.29, 1.82) is 0 Å². The number of nitrogen functional groups attached to an aromatic ring is 1. The first-order valence-electron chi connectivity index (χ1n) is 7.92. The van der Waals surface area contributed by atoms with Crippen LogP contribution in [0, 0.1) is 5.92 Å². The second-order valence-corrected chi connectivity index (χ2v) is 6.07. The fraction of sp³-hybridized carbons (Fsp3) is 0.647. The number of ether oxygens (including phenoxy) is 1. The molecule has 0 saturated carbocycles. The summed E-state index contributed by atoms with van der Waals surface area (Å²) in [6, 6.07) is 6.12. The second-order valence-electron chi connectivity index (χ2n) is 6.07. The van der Waals surface area contributed by atoms with Gasteiger partial charge in [0, 0.05) is 13.1 Å². The smallest absolute Gasteiger partial charge is 0.144 e. The Labute approximate surface area is 123 Å². The molecule has 0 spiro atoms. The number of piperidine rings is 1. The van der Waals surface area contributed by atoms with Crippen molar-refractivity contribution in [3.05, 3.63) is 18.2 Å². The van der Waals surface area contributed by atoms with Crippen molar-refractivity contribution in [2.45, 2.75) is 52.6 Å². The summed E-state index contributed by atoms with van der Waals surface area (Å²) < 4.78 is 5.78. The van der Waals surface area contributed by atoms with Crippen LogP contribution in [0.5, 0.6) is 5.75 Å². The van der Waals surface area contributed by atoms with Crippen molar-refractivity contribution >= 4 is 11.4 Å². The Bertz CT molecular complexity index is 423. The molecule has 1 aromatic rings. The maximum atomic E-state index is 6.29. The summed E-state index contributed by atoms with van der Waals surface area (Å²) in [6.07, 6.45) is 5.37. The van der Waals surface area contributed by atoms with Gasteiger partial charge in [0.05, 0.1) is 17.5 Å². The average Bonchev–Trinajstić information content (AvgIpc) is 2.42. The molecule has 2 rings (SSSR count). The first-order chi connectivity index (χ1) is 9.61. The molecule has 112 valence electrons. The standard InChI is InChI=1S/C17H28N2O/c1-4-6-14-9-11-19(12-10-14)15-7-5-8-16(17(15)18)20-13(2)3/h5,7-8,13-14H,4,6,9-12,18H2,1-3H3. The van der Waals surface area contributed by atoms with Crippen molar-refractivity contribution in [3.8, 4) is 5.75 Å². The molecule has 0 amide bonds. The van der Waals surface area contributed by atoms with E-state index in [0.717, 1.165) is 36.1 Å². The zero-order valence-corrected chi connectivity index (χ0v) is 13.1. The van der Waals surface area contributed by atoms with Gasteiger partial charge in [0.25, 0.3) is 0 Å². The van der Waals surface area contributed by atoms with Crippen LogP contribution in [0.25, 0.3) is 0 Å². The van der Waals surface area contributed by atoms with Crippen LogP contribution < -0.4 is 15.4 Å². The zero-order chi connectivity index (χ0) is 14.5. The van der Waals surface area contributed by atoms with Crippen LogP contribution in [0.2, 0.25) is 0 Å². The molecule has 1 aliphatic rings. The number of nitrogens with two attached hydrogens (primary N) is 1. The lowest BCUT2D eigenvalue weighted by molar-refractivity contribution is 0.244. The number of rotatable bonds is 5.